The van der Waals surface area contributed by atoms with Crippen molar-refractivity contribution in [1.82, 2.24) is 4.98 Å². The molecule has 3 nitrogen and oxygen atoms in total. The normalized spacial score (nSPS) is 9.09. The number of ketones is 1. The lowest BCUT2D eigenvalue weighted by Crippen LogP contribution is -2.01. The van der Waals surface area contributed by atoms with Crippen molar-refractivity contribution in [3.63, 3.8) is 0 Å². The summed E-state index contributed by atoms with van der Waals surface area (Å²) >= 11 is 0. The number of hydrogen-bond donors (Lipinski definition) is 1. The second-order valence-electron chi connectivity index (χ2n) is 2.00. The first kappa shape index (κ1) is 7.47. The molecule has 56 valence electrons. The standard InChI is InChI=1S/C8H8N2O/c1-2-7(11)6-4-3-5-10-8(6)9/h2-5H,1H2,(H2,9,10). The molecule has 1 rings (SSSR count). The van der Waals surface area contributed by atoms with E-state index in [1.54, 1.807) is 12.1 Å². The van der Waals surface area contributed by atoms with Crippen molar-refractivity contribution in [2.24, 2.45) is 0 Å². The van der Waals surface area contributed by atoms with Crippen LogP contribution >= 0.6 is 0 Å². The van der Waals surface area contributed by atoms with E-state index in [9.17, 15) is 4.79 Å². The predicted octanol–water partition coefficient (Wildman–Crippen LogP) is 1.03. The van der Waals surface area contributed by atoms with Gasteiger partial charge < -0.3 is 5.73 Å². The summed E-state index contributed by atoms with van der Waals surface area (Å²) in [5, 5.41) is 0. The first-order valence-electron chi connectivity index (χ1n) is 3.13. The van der Waals surface area contributed by atoms with E-state index in [4.69, 9.17) is 5.73 Å². The first-order chi connectivity index (χ1) is 5.25. The molecule has 1 aromatic heterocycles. The number of nitrogen functional groups attached to an aromatic ring is 1. The second kappa shape index (κ2) is 2.96. The summed E-state index contributed by atoms with van der Waals surface area (Å²) in [7, 11) is 0. The lowest BCUT2D eigenvalue weighted by molar-refractivity contribution is 0.104. The summed E-state index contributed by atoms with van der Waals surface area (Å²) in [6, 6.07) is 3.28. The van der Waals surface area contributed by atoms with E-state index in [2.05, 4.69) is 11.6 Å². The zero-order valence-electron chi connectivity index (χ0n) is 5.95. The van der Waals surface area contributed by atoms with Crippen LogP contribution in [0.15, 0.2) is 31.0 Å². The van der Waals surface area contributed by atoms with Gasteiger partial charge in [-0.15, -0.1) is 0 Å². The smallest absolute Gasteiger partial charge is 0.188 e. The van der Waals surface area contributed by atoms with Crippen LogP contribution in [0.2, 0.25) is 0 Å². The van der Waals surface area contributed by atoms with Crippen molar-refractivity contribution in [2.75, 3.05) is 5.73 Å². The molecule has 0 fully saturated rings. The van der Waals surface area contributed by atoms with Gasteiger partial charge in [-0.1, -0.05) is 6.58 Å². The monoisotopic (exact) mass is 148 g/mol. The van der Waals surface area contributed by atoms with E-state index in [0.29, 0.717) is 5.56 Å². The van der Waals surface area contributed by atoms with Crippen LogP contribution in [0.25, 0.3) is 0 Å². The Morgan fingerprint density at radius 3 is 3.00 bits per heavy atom. The lowest BCUT2D eigenvalue weighted by atomic mass is 10.2. The molecular formula is C8H8N2O. The Labute approximate surface area is 64.6 Å². The van der Waals surface area contributed by atoms with Gasteiger partial charge >= 0.3 is 0 Å². The molecule has 0 aliphatic rings. The third kappa shape index (κ3) is 1.43. The topological polar surface area (TPSA) is 56.0 Å². The fourth-order valence-electron chi connectivity index (χ4n) is 0.736. The van der Waals surface area contributed by atoms with Gasteiger partial charge in [0, 0.05) is 6.20 Å². The summed E-state index contributed by atoms with van der Waals surface area (Å²) in [5.74, 6) is 0.0491. The Morgan fingerprint density at radius 1 is 1.73 bits per heavy atom. The minimum atomic E-state index is -0.199. The molecule has 0 aromatic carbocycles. The third-order valence-electron chi connectivity index (χ3n) is 1.29. The van der Waals surface area contributed by atoms with Crippen molar-refractivity contribution in [2.45, 2.75) is 0 Å². The SMILES string of the molecule is C=CC(=O)c1cccnc1N. The average molecular weight is 148 g/mol. The maximum absolute atomic E-state index is 11.0. The molecule has 0 atom stereocenters. The van der Waals surface area contributed by atoms with Crippen LogP contribution in [0.5, 0.6) is 0 Å². The minimum absolute atomic E-state index is 0.199. The number of allylic oxidation sites excluding steroid dienone is 1. The highest BCUT2D eigenvalue weighted by Gasteiger charge is 2.04. The molecule has 3 heteroatoms. The van der Waals surface area contributed by atoms with Crippen LogP contribution in [0.3, 0.4) is 0 Å². The number of carbonyl (C=O) groups excluding carboxylic acids is 1. The number of nitrogens with zero attached hydrogens (tertiary/aromatic N) is 1. The number of rotatable bonds is 2. The molecule has 11 heavy (non-hydrogen) atoms. The molecule has 1 heterocycles. The Morgan fingerprint density at radius 2 is 2.45 bits per heavy atom. The third-order valence-corrected chi connectivity index (χ3v) is 1.29. The molecule has 0 amide bonds. The molecule has 0 aliphatic carbocycles. The van der Waals surface area contributed by atoms with Crippen molar-refractivity contribution < 1.29 is 4.79 Å². The summed E-state index contributed by atoms with van der Waals surface area (Å²) in [6.07, 6.45) is 2.75. The number of aromatic nitrogens is 1. The Hall–Kier alpha value is -1.64. The van der Waals surface area contributed by atoms with E-state index in [1.807, 2.05) is 0 Å². The van der Waals surface area contributed by atoms with Gasteiger partial charge in [-0.2, -0.15) is 0 Å². The molecule has 0 bridgehead atoms. The molecule has 0 aliphatic heterocycles. The molecule has 1 aromatic rings. The molecule has 0 unspecified atom stereocenters. The van der Waals surface area contributed by atoms with Gasteiger partial charge in [-0.25, -0.2) is 4.98 Å². The van der Waals surface area contributed by atoms with Crippen LogP contribution < -0.4 is 5.73 Å². The number of pyridine rings is 1. The van der Waals surface area contributed by atoms with Crippen LogP contribution in [-0.2, 0) is 0 Å². The number of nitrogens with two attached hydrogens (primary N) is 1. The van der Waals surface area contributed by atoms with Crippen molar-refractivity contribution in [3.05, 3.63) is 36.5 Å². The Bertz CT molecular complexity index is 294. The number of anilines is 1. The maximum Gasteiger partial charge on any atom is 0.188 e. The molecule has 0 spiro atoms. The zero-order chi connectivity index (χ0) is 8.27. The molecular weight excluding hydrogens is 140 g/mol. The van der Waals surface area contributed by atoms with Gasteiger partial charge in [0.2, 0.25) is 0 Å². The van der Waals surface area contributed by atoms with Gasteiger partial charge in [0.25, 0.3) is 0 Å². The highest BCUT2D eigenvalue weighted by atomic mass is 16.1. The second-order valence-corrected chi connectivity index (χ2v) is 2.00. The van der Waals surface area contributed by atoms with Crippen LogP contribution in [-0.4, -0.2) is 10.8 Å². The summed E-state index contributed by atoms with van der Waals surface area (Å²) in [5.41, 5.74) is 5.82. The summed E-state index contributed by atoms with van der Waals surface area (Å²) < 4.78 is 0. The maximum atomic E-state index is 11.0. The predicted molar refractivity (Wildman–Crippen MR) is 43.2 cm³/mol. The van der Waals surface area contributed by atoms with E-state index in [1.165, 1.54) is 12.3 Å². The van der Waals surface area contributed by atoms with Crippen LogP contribution in [0.1, 0.15) is 10.4 Å². The van der Waals surface area contributed by atoms with Crippen LogP contribution in [0.4, 0.5) is 5.82 Å². The minimum Gasteiger partial charge on any atom is -0.383 e. The fraction of sp³-hybridized carbons (Fsp3) is 0. The van der Waals surface area contributed by atoms with Gasteiger partial charge in [-0.3, -0.25) is 4.79 Å². The molecule has 0 saturated carbocycles. The van der Waals surface area contributed by atoms with E-state index in [-0.39, 0.29) is 11.6 Å². The first-order valence-corrected chi connectivity index (χ1v) is 3.13. The molecule has 0 saturated heterocycles. The van der Waals surface area contributed by atoms with E-state index < -0.39 is 0 Å². The summed E-state index contributed by atoms with van der Waals surface area (Å²) in [6.45, 7) is 3.35. The zero-order valence-corrected chi connectivity index (χ0v) is 5.95. The molecule has 0 radical (unpaired) electrons. The number of carbonyl (C=O) groups is 1. The Balaban J connectivity index is 3.13. The van der Waals surface area contributed by atoms with Crippen LogP contribution in [0, 0.1) is 0 Å². The largest absolute Gasteiger partial charge is 0.383 e. The highest BCUT2D eigenvalue weighted by molar-refractivity contribution is 6.07. The average Bonchev–Trinajstić information content (AvgIpc) is 2.04. The number of hydrogen-bond acceptors (Lipinski definition) is 3. The fourth-order valence-corrected chi connectivity index (χ4v) is 0.736. The van der Waals surface area contributed by atoms with Gasteiger partial charge in [0.1, 0.15) is 5.82 Å². The molecule has 2 N–H and O–H groups in total. The summed E-state index contributed by atoms with van der Waals surface area (Å²) in [4.78, 5) is 14.8. The van der Waals surface area contributed by atoms with Crippen molar-refractivity contribution >= 4 is 11.6 Å². The van der Waals surface area contributed by atoms with Crippen molar-refractivity contribution in [1.29, 1.82) is 0 Å². The lowest BCUT2D eigenvalue weighted by Gasteiger charge is -1.97. The van der Waals surface area contributed by atoms with E-state index >= 15 is 0 Å². The van der Waals surface area contributed by atoms with Gasteiger partial charge in [0.05, 0.1) is 5.56 Å². The highest BCUT2D eigenvalue weighted by Crippen LogP contribution is 2.07. The Kier molecular flexibility index (Phi) is 2.01. The van der Waals surface area contributed by atoms with Gasteiger partial charge in [0.15, 0.2) is 5.78 Å². The van der Waals surface area contributed by atoms with Crippen molar-refractivity contribution in [3.8, 4) is 0 Å². The quantitative estimate of drug-likeness (QED) is 0.503. The van der Waals surface area contributed by atoms with E-state index in [0.717, 1.165) is 0 Å². The van der Waals surface area contributed by atoms with Gasteiger partial charge in [-0.05, 0) is 18.2 Å².